The summed E-state index contributed by atoms with van der Waals surface area (Å²) in [4.78, 5) is 0. The summed E-state index contributed by atoms with van der Waals surface area (Å²) >= 11 is 0. The van der Waals surface area contributed by atoms with Crippen molar-refractivity contribution in [3.8, 4) is 0 Å². The van der Waals surface area contributed by atoms with E-state index < -0.39 is 0 Å². The molecular weight excluding hydrogens is 200 g/mol. The van der Waals surface area contributed by atoms with Gasteiger partial charge in [0.05, 0.1) is 6.20 Å². The van der Waals surface area contributed by atoms with E-state index in [0.29, 0.717) is 6.04 Å². The maximum atomic E-state index is 4.14. The SMILES string of the molecule is CC(CNC(C)(C)C)NCc1cnn(C)c1. The van der Waals surface area contributed by atoms with Crippen LogP contribution in [0.5, 0.6) is 0 Å². The van der Waals surface area contributed by atoms with Gasteiger partial charge in [0.15, 0.2) is 0 Å². The molecule has 0 spiro atoms. The van der Waals surface area contributed by atoms with Crippen molar-refractivity contribution in [2.45, 2.75) is 45.8 Å². The molecule has 0 saturated heterocycles. The molecule has 0 aliphatic heterocycles. The van der Waals surface area contributed by atoms with Crippen molar-refractivity contribution in [1.82, 2.24) is 20.4 Å². The van der Waals surface area contributed by atoms with Crippen LogP contribution >= 0.6 is 0 Å². The van der Waals surface area contributed by atoms with Gasteiger partial charge in [-0.15, -0.1) is 0 Å². The van der Waals surface area contributed by atoms with Crippen molar-refractivity contribution in [1.29, 1.82) is 0 Å². The van der Waals surface area contributed by atoms with E-state index in [1.165, 1.54) is 5.56 Å². The van der Waals surface area contributed by atoms with Crippen LogP contribution in [0.15, 0.2) is 12.4 Å². The third-order valence-electron chi connectivity index (χ3n) is 2.35. The summed E-state index contributed by atoms with van der Waals surface area (Å²) in [6.45, 7) is 10.6. The molecule has 1 heterocycles. The van der Waals surface area contributed by atoms with Crippen LogP contribution in [0.3, 0.4) is 0 Å². The maximum absolute atomic E-state index is 4.14. The third-order valence-corrected chi connectivity index (χ3v) is 2.35. The molecule has 1 rings (SSSR count). The highest BCUT2D eigenvalue weighted by molar-refractivity contribution is 5.03. The number of hydrogen-bond acceptors (Lipinski definition) is 3. The Kier molecular flexibility index (Phi) is 4.50. The quantitative estimate of drug-likeness (QED) is 0.792. The first-order chi connectivity index (χ1) is 7.37. The van der Waals surface area contributed by atoms with Crippen LogP contribution in [0.1, 0.15) is 33.3 Å². The van der Waals surface area contributed by atoms with Gasteiger partial charge in [-0.1, -0.05) is 0 Å². The Morgan fingerprint density at radius 1 is 1.44 bits per heavy atom. The Bertz CT molecular complexity index is 311. The molecule has 1 unspecified atom stereocenters. The van der Waals surface area contributed by atoms with Gasteiger partial charge in [0.25, 0.3) is 0 Å². The van der Waals surface area contributed by atoms with E-state index in [9.17, 15) is 0 Å². The van der Waals surface area contributed by atoms with Gasteiger partial charge in [0.2, 0.25) is 0 Å². The van der Waals surface area contributed by atoms with Gasteiger partial charge < -0.3 is 10.6 Å². The largest absolute Gasteiger partial charge is 0.311 e. The molecule has 0 aliphatic rings. The van der Waals surface area contributed by atoms with Crippen LogP contribution in [0.4, 0.5) is 0 Å². The fourth-order valence-corrected chi connectivity index (χ4v) is 1.39. The van der Waals surface area contributed by atoms with Crippen LogP contribution in [0.25, 0.3) is 0 Å². The van der Waals surface area contributed by atoms with Crippen molar-refractivity contribution in [3.63, 3.8) is 0 Å². The third kappa shape index (κ3) is 5.28. The van der Waals surface area contributed by atoms with E-state index in [0.717, 1.165) is 13.1 Å². The van der Waals surface area contributed by atoms with E-state index in [1.54, 1.807) is 0 Å². The molecule has 92 valence electrons. The first-order valence-corrected chi connectivity index (χ1v) is 5.83. The van der Waals surface area contributed by atoms with Crippen molar-refractivity contribution >= 4 is 0 Å². The molecule has 0 aromatic carbocycles. The molecule has 0 radical (unpaired) electrons. The van der Waals surface area contributed by atoms with Crippen LogP contribution in [0.2, 0.25) is 0 Å². The topological polar surface area (TPSA) is 41.9 Å². The van der Waals surface area contributed by atoms with Gasteiger partial charge in [-0.25, -0.2) is 0 Å². The lowest BCUT2D eigenvalue weighted by Crippen LogP contribution is -2.44. The molecule has 16 heavy (non-hydrogen) atoms. The average molecular weight is 224 g/mol. The maximum Gasteiger partial charge on any atom is 0.0534 e. The Labute approximate surface area is 98.4 Å². The summed E-state index contributed by atoms with van der Waals surface area (Å²) in [5, 5.41) is 11.1. The number of rotatable bonds is 5. The zero-order valence-electron chi connectivity index (χ0n) is 11.0. The first kappa shape index (κ1) is 13.2. The summed E-state index contributed by atoms with van der Waals surface area (Å²) in [5.41, 5.74) is 1.41. The highest BCUT2D eigenvalue weighted by Crippen LogP contribution is 1.99. The van der Waals surface area contributed by atoms with E-state index >= 15 is 0 Å². The van der Waals surface area contributed by atoms with E-state index in [1.807, 2.05) is 24.1 Å². The zero-order valence-corrected chi connectivity index (χ0v) is 11.0. The molecule has 0 aliphatic carbocycles. The molecule has 0 saturated carbocycles. The van der Waals surface area contributed by atoms with Gasteiger partial charge in [-0.2, -0.15) is 5.10 Å². The summed E-state index contributed by atoms with van der Waals surface area (Å²) in [6.07, 6.45) is 3.94. The van der Waals surface area contributed by atoms with Gasteiger partial charge in [-0.05, 0) is 27.7 Å². The summed E-state index contributed by atoms with van der Waals surface area (Å²) < 4.78 is 1.83. The molecule has 1 aromatic heterocycles. The van der Waals surface area contributed by atoms with Crippen LogP contribution in [-0.4, -0.2) is 27.9 Å². The highest BCUT2D eigenvalue weighted by Gasteiger charge is 2.10. The van der Waals surface area contributed by atoms with Gasteiger partial charge in [0, 0.05) is 43.5 Å². The first-order valence-electron chi connectivity index (χ1n) is 5.83. The van der Waals surface area contributed by atoms with Gasteiger partial charge >= 0.3 is 0 Å². The summed E-state index contributed by atoms with van der Waals surface area (Å²) in [6, 6.07) is 0.458. The second-order valence-electron chi connectivity index (χ2n) is 5.44. The molecular formula is C12H24N4. The second kappa shape index (κ2) is 5.46. The Morgan fingerprint density at radius 2 is 2.12 bits per heavy atom. The van der Waals surface area contributed by atoms with Crippen LogP contribution in [0, 0.1) is 0 Å². The Morgan fingerprint density at radius 3 is 2.62 bits per heavy atom. The van der Waals surface area contributed by atoms with Gasteiger partial charge in [0.1, 0.15) is 0 Å². The minimum Gasteiger partial charge on any atom is -0.311 e. The van der Waals surface area contributed by atoms with Crippen molar-refractivity contribution in [2.75, 3.05) is 6.54 Å². The number of aromatic nitrogens is 2. The standard InChI is InChI=1S/C12H24N4/c1-10(6-14-12(2,3)4)13-7-11-8-15-16(5)9-11/h8-10,13-14H,6-7H2,1-5H3. The van der Waals surface area contributed by atoms with Crippen LogP contribution in [-0.2, 0) is 13.6 Å². The Hall–Kier alpha value is -0.870. The minimum atomic E-state index is 0.185. The fraction of sp³-hybridized carbons (Fsp3) is 0.750. The monoisotopic (exact) mass is 224 g/mol. The smallest absolute Gasteiger partial charge is 0.0534 e. The predicted octanol–water partition coefficient (Wildman–Crippen LogP) is 1.29. The minimum absolute atomic E-state index is 0.185. The number of nitrogens with one attached hydrogen (secondary N) is 2. The van der Waals surface area contributed by atoms with Crippen LogP contribution < -0.4 is 10.6 Å². The predicted molar refractivity (Wildman–Crippen MR) is 67.3 cm³/mol. The fourth-order valence-electron chi connectivity index (χ4n) is 1.39. The number of aryl methyl sites for hydroxylation is 1. The number of nitrogens with zero attached hydrogens (tertiary/aromatic N) is 2. The normalized spacial score (nSPS) is 14.1. The molecule has 0 fully saturated rings. The lowest BCUT2D eigenvalue weighted by molar-refractivity contribution is 0.387. The number of hydrogen-bond donors (Lipinski definition) is 2. The van der Waals surface area contributed by atoms with Crippen molar-refractivity contribution in [3.05, 3.63) is 18.0 Å². The molecule has 2 N–H and O–H groups in total. The van der Waals surface area contributed by atoms with E-state index in [-0.39, 0.29) is 5.54 Å². The summed E-state index contributed by atoms with van der Waals surface area (Å²) in [5.74, 6) is 0. The summed E-state index contributed by atoms with van der Waals surface area (Å²) in [7, 11) is 1.94. The van der Waals surface area contributed by atoms with E-state index in [2.05, 4.69) is 43.4 Å². The molecule has 0 bridgehead atoms. The Balaban J connectivity index is 2.22. The zero-order chi connectivity index (χ0) is 12.2. The molecule has 4 nitrogen and oxygen atoms in total. The average Bonchev–Trinajstić information content (AvgIpc) is 2.57. The van der Waals surface area contributed by atoms with Crippen molar-refractivity contribution < 1.29 is 0 Å². The molecule has 1 aromatic rings. The van der Waals surface area contributed by atoms with Gasteiger partial charge in [-0.3, -0.25) is 4.68 Å². The van der Waals surface area contributed by atoms with Crippen molar-refractivity contribution in [2.24, 2.45) is 7.05 Å². The lowest BCUT2D eigenvalue weighted by atomic mass is 10.1. The second-order valence-corrected chi connectivity index (χ2v) is 5.44. The van der Waals surface area contributed by atoms with E-state index in [4.69, 9.17) is 0 Å². The molecule has 1 atom stereocenters. The molecule has 4 heteroatoms. The lowest BCUT2D eigenvalue weighted by Gasteiger charge is -2.23. The molecule has 0 amide bonds. The highest BCUT2D eigenvalue weighted by atomic mass is 15.2.